The van der Waals surface area contributed by atoms with Gasteiger partial charge in [0.05, 0.1) is 5.56 Å². The minimum atomic E-state index is -0.0186. The van der Waals surface area contributed by atoms with E-state index in [1.54, 1.807) is 0 Å². The second kappa shape index (κ2) is 8.30. The number of piperidine rings is 1. The van der Waals surface area contributed by atoms with Gasteiger partial charge in [0.2, 0.25) is 0 Å². The SMILES string of the molecule is CC1CCCCN1CCCNC(=O)c1cc(Br)ccc1Br. The Kier molecular flexibility index (Phi) is 6.71. The van der Waals surface area contributed by atoms with E-state index in [1.165, 1.54) is 25.8 Å². The van der Waals surface area contributed by atoms with E-state index in [0.29, 0.717) is 11.6 Å². The third-order valence-corrected chi connectivity index (χ3v) is 5.21. The highest BCUT2D eigenvalue weighted by Crippen LogP contribution is 2.21. The molecule has 21 heavy (non-hydrogen) atoms. The summed E-state index contributed by atoms with van der Waals surface area (Å²) in [4.78, 5) is 14.7. The molecule has 0 radical (unpaired) electrons. The number of benzene rings is 1. The third-order valence-electron chi connectivity index (χ3n) is 4.02. The molecule has 1 aliphatic rings. The topological polar surface area (TPSA) is 32.3 Å². The van der Waals surface area contributed by atoms with Crippen molar-refractivity contribution in [1.82, 2.24) is 10.2 Å². The summed E-state index contributed by atoms with van der Waals surface area (Å²) in [6.07, 6.45) is 4.96. The van der Waals surface area contributed by atoms with Crippen LogP contribution in [0.25, 0.3) is 0 Å². The molecule has 1 aromatic rings. The lowest BCUT2D eigenvalue weighted by atomic mass is 10.0. The number of halogens is 2. The molecule has 0 spiro atoms. The van der Waals surface area contributed by atoms with E-state index in [9.17, 15) is 4.79 Å². The van der Waals surface area contributed by atoms with E-state index in [1.807, 2.05) is 18.2 Å². The van der Waals surface area contributed by atoms with Gasteiger partial charge in [-0.25, -0.2) is 0 Å². The van der Waals surface area contributed by atoms with E-state index in [4.69, 9.17) is 0 Å². The maximum Gasteiger partial charge on any atom is 0.252 e. The molecule has 0 saturated carbocycles. The van der Waals surface area contributed by atoms with Crippen molar-refractivity contribution in [3.63, 3.8) is 0 Å². The van der Waals surface area contributed by atoms with Crippen LogP contribution in [0, 0.1) is 0 Å². The Morgan fingerprint density at radius 3 is 2.95 bits per heavy atom. The second-order valence-corrected chi connectivity index (χ2v) is 7.38. The number of hydrogen-bond acceptors (Lipinski definition) is 2. The lowest BCUT2D eigenvalue weighted by molar-refractivity contribution is 0.0948. The van der Waals surface area contributed by atoms with Gasteiger partial charge in [0.25, 0.3) is 5.91 Å². The molecule has 3 nitrogen and oxygen atoms in total. The van der Waals surface area contributed by atoms with Crippen LogP contribution in [0.2, 0.25) is 0 Å². The molecule has 1 atom stereocenters. The van der Waals surface area contributed by atoms with Crippen molar-refractivity contribution in [2.45, 2.75) is 38.6 Å². The van der Waals surface area contributed by atoms with Gasteiger partial charge in [0.1, 0.15) is 0 Å². The van der Waals surface area contributed by atoms with E-state index < -0.39 is 0 Å². The first kappa shape index (κ1) is 17.0. The monoisotopic (exact) mass is 416 g/mol. The highest BCUT2D eigenvalue weighted by molar-refractivity contribution is 9.11. The lowest BCUT2D eigenvalue weighted by Crippen LogP contribution is -2.39. The number of likely N-dealkylation sites (tertiary alicyclic amines) is 1. The van der Waals surface area contributed by atoms with Gasteiger partial charge in [-0.05, 0) is 66.9 Å². The summed E-state index contributed by atoms with van der Waals surface area (Å²) in [5, 5.41) is 3.00. The quantitative estimate of drug-likeness (QED) is 0.728. The fraction of sp³-hybridized carbons (Fsp3) is 0.562. The Balaban J connectivity index is 1.75. The second-order valence-electron chi connectivity index (χ2n) is 5.61. The Morgan fingerprint density at radius 2 is 2.19 bits per heavy atom. The first-order chi connectivity index (χ1) is 10.1. The summed E-state index contributed by atoms with van der Waals surface area (Å²) in [6.45, 7) is 5.30. The molecule has 0 bridgehead atoms. The van der Waals surface area contributed by atoms with Gasteiger partial charge in [-0.1, -0.05) is 22.4 Å². The highest BCUT2D eigenvalue weighted by atomic mass is 79.9. The largest absolute Gasteiger partial charge is 0.352 e. The Bertz CT molecular complexity index is 493. The van der Waals surface area contributed by atoms with Crippen LogP contribution in [-0.2, 0) is 0 Å². The average Bonchev–Trinajstić information content (AvgIpc) is 2.47. The number of carbonyl (C=O) groups is 1. The van der Waals surface area contributed by atoms with Crippen molar-refractivity contribution in [2.75, 3.05) is 19.6 Å². The fourth-order valence-corrected chi connectivity index (χ4v) is 3.53. The molecule has 0 aromatic heterocycles. The Labute approximate surface area is 143 Å². The first-order valence-electron chi connectivity index (χ1n) is 7.55. The summed E-state index contributed by atoms with van der Waals surface area (Å²) in [5.41, 5.74) is 0.677. The van der Waals surface area contributed by atoms with Crippen LogP contribution >= 0.6 is 31.9 Å². The first-order valence-corrected chi connectivity index (χ1v) is 9.14. The van der Waals surface area contributed by atoms with E-state index in [0.717, 1.165) is 28.5 Å². The van der Waals surface area contributed by atoms with Crippen molar-refractivity contribution in [3.05, 3.63) is 32.7 Å². The van der Waals surface area contributed by atoms with Crippen LogP contribution < -0.4 is 5.32 Å². The summed E-state index contributed by atoms with van der Waals surface area (Å²) >= 11 is 6.82. The summed E-state index contributed by atoms with van der Waals surface area (Å²) in [7, 11) is 0. The number of carbonyl (C=O) groups excluding carboxylic acids is 1. The summed E-state index contributed by atoms with van der Waals surface area (Å²) in [5.74, 6) is -0.0186. The predicted octanol–water partition coefficient (Wildman–Crippen LogP) is 4.21. The molecule has 1 N–H and O–H groups in total. The fourth-order valence-electron chi connectivity index (χ4n) is 2.74. The van der Waals surface area contributed by atoms with Crippen LogP contribution in [0.4, 0.5) is 0 Å². The van der Waals surface area contributed by atoms with Crippen molar-refractivity contribution < 1.29 is 4.79 Å². The maximum absolute atomic E-state index is 12.2. The molecular formula is C16H22Br2N2O. The molecule has 1 aliphatic heterocycles. The Hall–Kier alpha value is -0.390. The highest BCUT2D eigenvalue weighted by Gasteiger charge is 2.17. The molecule has 0 aliphatic carbocycles. The molecule has 1 heterocycles. The summed E-state index contributed by atoms with van der Waals surface area (Å²) in [6, 6.07) is 6.33. The van der Waals surface area contributed by atoms with Gasteiger partial charge in [-0.3, -0.25) is 4.79 Å². The number of rotatable bonds is 5. The normalized spacial score (nSPS) is 19.5. The van der Waals surface area contributed by atoms with E-state index in [-0.39, 0.29) is 5.91 Å². The van der Waals surface area contributed by atoms with Gasteiger partial charge < -0.3 is 10.2 Å². The smallest absolute Gasteiger partial charge is 0.252 e. The van der Waals surface area contributed by atoms with Gasteiger partial charge in [0.15, 0.2) is 0 Å². The van der Waals surface area contributed by atoms with Crippen molar-refractivity contribution in [1.29, 1.82) is 0 Å². The van der Waals surface area contributed by atoms with E-state index >= 15 is 0 Å². The van der Waals surface area contributed by atoms with Crippen molar-refractivity contribution >= 4 is 37.8 Å². The van der Waals surface area contributed by atoms with Gasteiger partial charge >= 0.3 is 0 Å². The molecule has 2 rings (SSSR count). The Morgan fingerprint density at radius 1 is 1.38 bits per heavy atom. The summed E-state index contributed by atoms with van der Waals surface area (Å²) < 4.78 is 1.74. The van der Waals surface area contributed by atoms with Crippen LogP contribution in [-0.4, -0.2) is 36.5 Å². The molecule has 1 fully saturated rings. The van der Waals surface area contributed by atoms with Gasteiger partial charge in [0, 0.05) is 28.1 Å². The molecule has 5 heteroatoms. The van der Waals surface area contributed by atoms with Gasteiger partial charge in [-0.15, -0.1) is 0 Å². The van der Waals surface area contributed by atoms with Gasteiger partial charge in [-0.2, -0.15) is 0 Å². The minimum Gasteiger partial charge on any atom is -0.352 e. The van der Waals surface area contributed by atoms with Crippen LogP contribution in [0.1, 0.15) is 43.0 Å². The van der Waals surface area contributed by atoms with Crippen molar-refractivity contribution in [2.24, 2.45) is 0 Å². The molecular weight excluding hydrogens is 396 g/mol. The zero-order valence-corrected chi connectivity index (χ0v) is 15.5. The number of hydrogen-bond donors (Lipinski definition) is 1. The molecule has 1 saturated heterocycles. The molecule has 116 valence electrons. The van der Waals surface area contributed by atoms with Crippen molar-refractivity contribution in [3.8, 4) is 0 Å². The minimum absolute atomic E-state index is 0.0186. The lowest BCUT2D eigenvalue weighted by Gasteiger charge is -2.33. The predicted molar refractivity (Wildman–Crippen MR) is 93.7 cm³/mol. The van der Waals surface area contributed by atoms with E-state index in [2.05, 4.69) is 49.0 Å². The molecule has 1 amide bonds. The number of nitrogens with one attached hydrogen (secondary N) is 1. The van der Waals surface area contributed by atoms with Crippen LogP contribution in [0.5, 0.6) is 0 Å². The number of amides is 1. The third kappa shape index (κ3) is 5.08. The standard InChI is InChI=1S/C16H22Br2N2O/c1-12-5-2-3-9-20(12)10-4-8-19-16(21)14-11-13(17)6-7-15(14)18/h6-7,11-12H,2-5,8-10H2,1H3,(H,19,21). The van der Waals surface area contributed by atoms with Crippen LogP contribution in [0.3, 0.4) is 0 Å². The van der Waals surface area contributed by atoms with Crippen LogP contribution in [0.15, 0.2) is 27.1 Å². The number of nitrogens with zero attached hydrogens (tertiary/aromatic N) is 1. The zero-order valence-electron chi connectivity index (χ0n) is 12.4. The average molecular weight is 418 g/mol. The maximum atomic E-state index is 12.2. The zero-order chi connectivity index (χ0) is 15.2. The molecule has 1 aromatic carbocycles. The molecule has 1 unspecified atom stereocenters.